The fourth-order valence-electron chi connectivity index (χ4n) is 3.57. The zero-order valence-corrected chi connectivity index (χ0v) is 18.4. The third kappa shape index (κ3) is 5.80. The van der Waals surface area contributed by atoms with Crippen molar-refractivity contribution in [3.05, 3.63) is 11.6 Å². The van der Waals surface area contributed by atoms with Gasteiger partial charge in [0, 0.05) is 39.1 Å². The van der Waals surface area contributed by atoms with E-state index in [4.69, 9.17) is 9.73 Å². The van der Waals surface area contributed by atoms with Crippen LogP contribution < -0.4 is 10.6 Å². The van der Waals surface area contributed by atoms with Crippen LogP contribution in [0.15, 0.2) is 4.99 Å². The number of rotatable bonds is 6. The Morgan fingerprint density at radius 3 is 2.88 bits per heavy atom. The van der Waals surface area contributed by atoms with Gasteiger partial charge in [-0.3, -0.25) is 4.99 Å². The van der Waals surface area contributed by atoms with Crippen LogP contribution in [0, 0.1) is 0 Å². The number of hydrogen-bond acceptors (Lipinski definition) is 4. The number of nitrogens with zero attached hydrogens (tertiary/aromatic N) is 4. The number of halogens is 1. The standard InChI is InChI=1S/C18H32N6O.HI/c1-3-19-17(21-14-18(2)10-7-13-25-18)20-11-9-16-23-22-15-8-5-4-6-12-24(15)16;/h3-14H2,1-2H3,(H2,19,20,21);1H. The number of nitrogens with one attached hydrogen (secondary N) is 2. The fourth-order valence-corrected chi connectivity index (χ4v) is 3.57. The van der Waals surface area contributed by atoms with E-state index in [0.717, 1.165) is 69.5 Å². The van der Waals surface area contributed by atoms with E-state index in [0.29, 0.717) is 6.54 Å². The highest BCUT2D eigenvalue weighted by Crippen LogP contribution is 2.25. The summed E-state index contributed by atoms with van der Waals surface area (Å²) in [6, 6.07) is 0. The van der Waals surface area contributed by atoms with E-state index in [1.54, 1.807) is 0 Å². The van der Waals surface area contributed by atoms with Gasteiger partial charge in [0.2, 0.25) is 0 Å². The zero-order chi connectivity index (χ0) is 17.5. The minimum Gasteiger partial charge on any atom is -0.373 e. The summed E-state index contributed by atoms with van der Waals surface area (Å²) in [5.41, 5.74) is -0.104. The Morgan fingerprint density at radius 2 is 2.12 bits per heavy atom. The molecule has 0 amide bonds. The van der Waals surface area contributed by atoms with Crippen LogP contribution in [0.2, 0.25) is 0 Å². The van der Waals surface area contributed by atoms with E-state index < -0.39 is 0 Å². The van der Waals surface area contributed by atoms with E-state index in [-0.39, 0.29) is 29.6 Å². The van der Waals surface area contributed by atoms with Crippen molar-refractivity contribution in [2.75, 3.05) is 26.2 Å². The number of aryl methyl sites for hydroxylation is 1. The normalized spacial score (nSPS) is 23.1. The number of ether oxygens (including phenoxy) is 1. The Kier molecular flexibility index (Phi) is 8.59. The Balaban J connectivity index is 0.00000243. The lowest BCUT2D eigenvalue weighted by atomic mass is 10.0. The highest BCUT2D eigenvalue weighted by Gasteiger charge is 2.29. The molecule has 1 aromatic rings. The van der Waals surface area contributed by atoms with Gasteiger partial charge in [0.15, 0.2) is 5.96 Å². The molecule has 3 rings (SSSR count). The Bertz CT molecular complexity index is 582. The van der Waals surface area contributed by atoms with Gasteiger partial charge in [0.05, 0.1) is 12.1 Å². The first-order chi connectivity index (χ1) is 12.2. The molecule has 0 spiro atoms. The average Bonchev–Trinajstić information content (AvgIpc) is 3.12. The highest BCUT2D eigenvalue weighted by molar-refractivity contribution is 14.0. The maximum Gasteiger partial charge on any atom is 0.191 e. The molecule has 0 saturated carbocycles. The molecule has 2 aliphatic rings. The molecule has 26 heavy (non-hydrogen) atoms. The minimum absolute atomic E-state index is 0. The van der Waals surface area contributed by atoms with Crippen molar-refractivity contribution < 1.29 is 4.74 Å². The molecule has 0 aliphatic carbocycles. The van der Waals surface area contributed by atoms with Gasteiger partial charge < -0.3 is 19.9 Å². The van der Waals surface area contributed by atoms with Crippen molar-refractivity contribution in [1.29, 1.82) is 0 Å². The first kappa shape index (κ1) is 21.4. The zero-order valence-electron chi connectivity index (χ0n) is 16.1. The van der Waals surface area contributed by atoms with Gasteiger partial charge in [0.1, 0.15) is 11.6 Å². The SMILES string of the molecule is CCNC(=NCC1(C)CCCO1)NCCc1nnc2n1CCCCC2.I. The molecule has 0 aromatic carbocycles. The fraction of sp³-hybridized carbons (Fsp3) is 0.833. The van der Waals surface area contributed by atoms with E-state index in [1.165, 1.54) is 19.3 Å². The number of aliphatic imine (C=N–C) groups is 1. The van der Waals surface area contributed by atoms with Gasteiger partial charge in [-0.25, -0.2) is 0 Å². The van der Waals surface area contributed by atoms with Crippen molar-refractivity contribution in [2.24, 2.45) is 4.99 Å². The maximum atomic E-state index is 5.82. The molecule has 1 unspecified atom stereocenters. The Labute approximate surface area is 173 Å². The summed E-state index contributed by atoms with van der Waals surface area (Å²) >= 11 is 0. The third-order valence-electron chi connectivity index (χ3n) is 5.04. The van der Waals surface area contributed by atoms with Crippen LogP contribution in [0.1, 0.15) is 57.6 Å². The molecular weight excluding hydrogens is 443 g/mol. The predicted octanol–water partition coefficient (Wildman–Crippen LogP) is 2.29. The monoisotopic (exact) mass is 476 g/mol. The quantitative estimate of drug-likeness (QED) is 0.375. The second-order valence-electron chi connectivity index (χ2n) is 7.27. The number of hydrogen-bond donors (Lipinski definition) is 2. The summed E-state index contributed by atoms with van der Waals surface area (Å²) in [4.78, 5) is 4.72. The van der Waals surface area contributed by atoms with Gasteiger partial charge in [0.25, 0.3) is 0 Å². The third-order valence-corrected chi connectivity index (χ3v) is 5.04. The van der Waals surface area contributed by atoms with Crippen molar-refractivity contribution in [2.45, 2.75) is 70.9 Å². The molecule has 1 saturated heterocycles. The summed E-state index contributed by atoms with van der Waals surface area (Å²) in [5.74, 6) is 3.10. The van der Waals surface area contributed by atoms with Gasteiger partial charge in [-0.2, -0.15) is 0 Å². The number of guanidine groups is 1. The predicted molar refractivity (Wildman–Crippen MR) is 114 cm³/mol. The molecule has 148 valence electrons. The molecule has 2 aliphatic heterocycles. The van der Waals surface area contributed by atoms with Gasteiger partial charge in [-0.05, 0) is 39.5 Å². The van der Waals surface area contributed by atoms with Gasteiger partial charge >= 0.3 is 0 Å². The number of fused-ring (bicyclic) bond motifs is 1. The molecule has 7 nitrogen and oxygen atoms in total. The van der Waals surface area contributed by atoms with Crippen LogP contribution in [0.3, 0.4) is 0 Å². The van der Waals surface area contributed by atoms with Crippen molar-refractivity contribution in [1.82, 2.24) is 25.4 Å². The van der Waals surface area contributed by atoms with Gasteiger partial charge in [-0.15, -0.1) is 34.2 Å². The first-order valence-electron chi connectivity index (χ1n) is 9.77. The van der Waals surface area contributed by atoms with Crippen LogP contribution in [0.5, 0.6) is 0 Å². The lowest BCUT2D eigenvalue weighted by Crippen LogP contribution is -2.40. The van der Waals surface area contributed by atoms with E-state index in [9.17, 15) is 0 Å². The molecule has 1 atom stereocenters. The maximum absolute atomic E-state index is 5.82. The second-order valence-corrected chi connectivity index (χ2v) is 7.27. The topological polar surface area (TPSA) is 76.4 Å². The summed E-state index contributed by atoms with van der Waals surface area (Å²) in [7, 11) is 0. The smallest absolute Gasteiger partial charge is 0.191 e. The van der Waals surface area contributed by atoms with Gasteiger partial charge in [-0.1, -0.05) is 6.42 Å². The molecular formula is C18H33IN6O. The van der Waals surface area contributed by atoms with Crippen LogP contribution in [0.25, 0.3) is 0 Å². The molecule has 0 radical (unpaired) electrons. The lowest BCUT2D eigenvalue weighted by Gasteiger charge is -2.21. The van der Waals surface area contributed by atoms with Crippen LogP contribution in [-0.4, -0.2) is 52.6 Å². The van der Waals surface area contributed by atoms with E-state index >= 15 is 0 Å². The molecule has 1 aromatic heterocycles. The first-order valence-corrected chi connectivity index (χ1v) is 9.77. The van der Waals surface area contributed by atoms with Crippen LogP contribution >= 0.6 is 24.0 Å². The molecule has 1 fully saturated rings. The number of aromatic nitrogens is 3. The van der Waals surface area contributed by atoms with E-state index in [1.807, 2.05) is 0 Å². The lowest BCUT2D eigenvalue weighted by molar-refractivity contribution is 0.0283. The van der Waals surface area contributed by atoms with Crippen LogP contribution in [-0.2, 0) is 24.1 Å². The largest absolute Gasteiger partial charge is 0.373 e. The van der Waals surface area contributed by atoms with Crippen molar-refractivity contribution in [3.63, 3.8) is 0 Å². The molecule has 3 heterocycles. The molecule has 2 N–H and O–H groups in total. The molecule has 8 heteroatoms. The minimum atomic E-state index is -0.104. The Morgan fingerprint density at radius 1 is 1.23 bits per heavy atom. The molecule has 0 bridgehead atoms. The van der Waals surface area contributed by atoms with Crippen molar-refractivity contribution in [3.8, 4) is 0 Å². The van der Waals surface area contributed by atoms with E-state index in [2.05, 4.69) is 39.2 Å². The summed E-state index contributed by atoms with van der Waals surface area (Å²) in [6.45, 7) is 8.51. The van der Waals surface area contributed by atoms with Crippen LogP contribution in [0.4, 0.5) is 0 Å². The highest BCUT2D eigenvalue weighted by atomic mass is 127. The summed E-state index contributed by atoms with van der Waals surface area (Å²) < 4.78 is 8.13. The average molecular weight is 476 g/mol. The summed E-state index contributed by atoms with van der Waals surface area (Å²) in [5, 5.41) is 15.5. The Hall–Kier alpha value is -0.900. The van der Waals surface area contributed by atoms with Crippen molar-refractivity contribution >= 4 is 29.9 Å². The summed E-state index contributed by atoms with van der Waals surface area (Å²) in [6.07, 6.45) is 7.89. The second kappa shape index (κ2) is 10.4.